The van der Waals surface area contributed by atoms with Gasteiger partial charge in [-0.15, -0.1) is 0 Å². The van der Waals surface area contributed by atoms with Gasteiger partial charge >= 0.3 is 15.6 Å². The number of aromatic amines is 1. The summed E-state index contributed by atoms with van der Waals surface area (Å²) in [5.41, 5.74) is -3.49. The number of fused-ring (bicyclic) bond motifs is 1. The lowest BCUT2D eigenvalue weighted by Crippen LogP contribution is -2.28. The van der Waals surface area contributed by atoms with Gasteiger partial charge in [-0.1, -0.05) is 31.4 Å². The van der Waals surface area contributed by atoms with Crippen LogP contribution in [0, 0.1) is 0 Å². The van der Waals surface area contributed by atoms with Crippen molar-refractivity contribution in [2.75, 3.05) is 0 Å². The van der Waals surface area contributed by atoms with Gasteiger partial charge in [-0.3, -0.25) is 0 Å². The summed E-state index contributed by atoms with van der Waals surface area (Å²) in [7, 11) is -5.69. The molecule has 0 atom stereocenters. The third kappa shape index (κ3) is 3.48. The summed E-state index contributed by atoms with van der Waals surface area (Å²) in [5.74, 6) is -0.423. The molecule has 1 heterocycles. The van der Waals surface area contributed by atoms with E-state index in [2.05, 4.69) is 22.3 Å². The second-order valence-electron chi connectivity index (χ2n) is 4.48. The number of alkyl halides is 3. The first-order valence-corrected chi connectivity index (χ1v) is 7.68. The standard InChI is InChI=1S/C15H12F3NO3S/c1-3-5-10(4-2)14-9-11-8-12(6-7-13(11)19-14)22-23(20,21)15(16,17)18/h3-9,19H,1-2H2/b10-5+. The van der Waals surface area contributed by atoms with Crippen molar-refractivity contribution in [3.05, 3.63) is 61.3 Å². The van der Waals surface area contributed by atoms with Crippen LogP contribution in [0.25, 0.3) is 16.5 Å². The summed E-state index contributed by atoms with van der Waals surface area (Å²) in [6.07, 6.45) is 4.84. The molecule has 4 nitrogen and oxygen atoms in total. The maximum Gasteiger partial charge on any atom is 0.534 e. The molecule has 0 spiro atoms. The lowest BCUT2D eigenvalue weighted by Gasteiger charge is -2.09. The van der Waals surface area contributed by atoms with Crippen molar-refractivity contribution in [1.29, 1.82) is 0 Å². The largest absolute Gasteiger partial charge is 0.534 e. The highest BCUT2D eigenvalue weighted by Gasteiger charge is 2.48. The number of rotatable bonds is 5. The van der Waals surface area contributed by atoms with Crippen LogP contribution >= 0.6 is 0 Å². The van der Waals surface area contributed by atoms with Gasteiger partial charge in [0.2, 0.25) is 0 Å². The summed E-state index contributed by atoms with van der Waals surface area (Å²) < 4.78 is 63.1. The predicted molar refractivity (Wildman–Crippen MR) is 82.3 cm³/mol. The molecule has 0 aliphatic rings. The van der Waals surface area contributed by atoms with E-state index < -0.39 is 21.4 Å². The number of allylic oxidation sites excluding steroid dienone is 4. The minimum Gasteiger partial charge on any atom is -0.376 e. The van der Waals surface area contributed by atoms with Crippen LogP contribution in [0.4, 0.5) is 13.2 Å². The van der Waals surface area contributed by atoms with Gasteiger partial charge in [-0.05, 0) is 29.8 Å². The van der Waals surface area contributed by atoms with E-state index in [-0.39, 0.29) is 0 Å². The lowest BCUT2D eigenvalue weighted by molar-refractivity contribution is -0.0500. The first kappa shape index (κ1) is 16.9. The van der Waals surface area contributed by atoms with Crippen LogP contribution in [-0.2, 0) is 10.1 Å². The van der Waals surface area contributed by atoms with Crippen LogP contribution in [0.2, 0.25) is 0 Å². The molecule has 1 aromatic heterocycles. The number of benzene rings is 1. The zero-order valence-electron chi connectivity index (χ0n) is 11.7. The maximum atomic E-state index is 12.3. The number of hydrogen-bond donors (Lipinski definition) is 1. The SMILES string of the molecule is C=C/C=C(\C=C)c1cc2cc(OS(=O)(=O)C(F)(F)F)ccc2[nH]1. The Bertz CT molecular complexity index is 892. The smallest absolute Gasteiger partial charge is 0.376 e. The van der Waals surface area contributed by atoms with Crippen LogP contribution < -0.4 is 4.18 Å². The van der Waals surface area contributed by atoms with Crippen molar-refractivity contribution in [3.8, 4) is 5.75 Å². The summed E-state index contributed by atoms with van der Waals surface area (Å²) in [6.45, 7) is 7.23. The van der Waals surface area contributed by atoms with E-state index in [0.29, 0.717) is 16.6 Å². The van der Waals surface area contributed by atoms with Gasteiger partial charge in [0, 0.05) is 16.6 Å². The Labute approximate surface area is 130 Å². The molecule has 1 aromatic carbocycles. The summed E-state index contributed by atoms with van der Waals surface area (Å²) in [4.78, 5) is 3.04. The van der Waals surface area contributed by atoms with Crippen molar-refractivity contribution in [1.82, 2.24) is 4.98 Å². The molecule has 0 saturated heterocycles. The maximum absolute atomic E-state index is 12.3. The summed E-state index contributed by atoms with van der Waals surface area (Å²) >= 11 is 0. The highest BCUT2D eigenvalue weighted by atomic mass is 32.2. The van der Waals surface area contributed by atoms with Crippen LogP contribution in [0.3, 0.4) is 0 Å². The molecule has 122 valence electrons. The van der Waals surface area contributed by atoms with Crippen LogP contribution in [-0.4, -0.2) is 18.9 Å². The van der Waals surface area contributed by atoms with E-state index in [9.17, 15) is 21.6 Å². The fourth-order valence-electron chi connectivity index (χ4n) is 1.89. The second-order valence-corrected chi connectivity index (χ2v) is 6.01. The molecule has 0 radical (unpaired) electrons. The van der Waals surface area contributed by atoms with Gasteiger partial charge in [0.15, 0.2) is 0 Å². The van der Waals surface area contributed by atoms with Crippen LogP contribution in [0.5, 0.6) is 5.75 Å². The van der Waals surface area contributed by atoms with Gasteiger partial charge in [0.1, 0.15) is 5.75 Å². The highest BCUT2D eigenvalue weighted by Crippen LogP contribution is 2.30. The Morgan fingerprint density at radius 3 is 2.48 bits per heavy atom. The Balaban J connectivity index is 2.42. The van der Waals surface area contributed by atoms with Gasteiger partial charge in [-0.25, -0.2) is 0 Å². The average Bonchev–Trinajstić information content (AvgIpc) is 2.85. The molecule has 0 aliphatic carbocycles. The number of nitrogens with one attached hydrogen (secondary N) is 1. The van der Waals surface area contributed by atoms with Gasteiger partial charge in [0.25, 0.3) is 0 Å². The summed E-state index contributed by atoms with van der Waals surface area (Å²) in [6, 6.07) is 5.40. The molecule has 0 saturated carbocycles. The monoisotopic (exact) mass is 343 g/mol. The van der Waals surface area contributed by atoms with Gasteiger partial charge < -0.3 is 9.17 Å². The Morgan fingerprint density at radius 2 is 1.91 bits per heavy atom. The van der Waals surface area contributed by atoms with Gasteiger partial charge in [-0.2, -0.15) is 21.6 Å². The first-order chi connectivity index (χ1) is 10.7. The fraction of sp³-hybridized carbons (Fsp3) is 0.0667. The van der Waals surface area contributed by atoms with E-state index in [4.69, 9.17) is 0 Å². The minimum atomic E-state index is -5.69. The van der Waals surface area contributed by atoms with Crippen molar-refractivity contribution < 1.29 is 25.8 Å². The van der Waals surface area contributed by atoms with E-state index in [1.54, 1.807) is 24.3 Å². The summed E-state index contributed by atoms with van der Waals surface area (Å²) in [5, 5.41) is 0.492. The molecular weight excluding hydrogens is 331 g/mol. The third-order valence-corrected chi connectivity index (χ3v) is 3.89. The third-order valence-electron chi connectivity index (χ3n) is 2.91. The number of aromatic nitrogens is 1. The number of halogens is 3. The molecule has 8 heteroatoms. The zero-order valence-corrected chi connectivity index (χ0v) is 12.5. The van der Waals surface area contributed by atoms with E-state index >= 15 is 0 Å². The van der Waals surface area contributed by atoms with Crippen LogP contribution in [0.15, 0.2) is 55.7 Å². The molecule has 1 N–H and O–H groups in total. The highest BCUT2D eigenvalue weighted by molar-refractivity contribution is 7.88. The molecule has 23 heavy (non-hydrogen) atoms. The first-order valence-electron chi connectivity index (χ1n) is 6.27. The molecule has 0 bridgehead atoms. The Hall–Kier alpha value is -2.48. The molecule has 0 fully saturated rings. The normalized spacial score (nSPS) is 13.1. The topological polar surface area (TPSA) is 59.2 Å². The van der Waals surface area contributed by atoms with Crippen molar-refractivity contribution >= 4 is 26.6 Å². The Kier molecular flexibility index (Phi) is 4.37. The molecule has 0 amide bonds. The van der Waals surface area contributed by atoms with Crippen molar-refractivity contribution in [3.63, 3.8) is 0 Å². The molecular formula is C15H12F3NO3S. The predicted octanol–water partition coefficient (Wildman–Crippen LogP) is 4.15. The quantitative estimate of drug-likeness (QED) is 0.504. The van der Waals surface area contributed by atoms with E-state index in [0.717, 1.165) is 11.6 Å². The van der Waals surface area contributed by atoms with E-state index in [1.807, 2.05) is 0 Å². The second kappa shape index (κ2) is 5.96. The van der Waals surface area contributed by atoms with Gasteiger partial charge in [0.05, 0.1) is 0 Å². The fourth-order valence-corrected chi connectivity index (χ4v) is 2.34. The number of H-pyrrole nitrogens is 1. The zero-order chi connectivity index (χ0) is 17.3. The average molecular weight is 343 g/mol. The van der Waals surface area contributed by atoms with Crippen LogP contribution in [0.1, 0.15) is 5.69 Å². The molecule has 0 aliphatic heterocycles. The van der Waals surface area contributed by atoms with Crippen molar-refractivity contribution in [2.45, 2.75) is 5.51 Å². The Morgan fingerprint density at radius 1 is 1.22 bits per heavy atom. The molecule has 0 unspecified atom stereocenters. The minimum absolute atomic E-state index is 0.423. The van der Waals surface area contributed by atoms with Crippen molar-refractivity contribution in [2.24, 2.45) is 0 Å². The van der Waals surface area contributed by atoms with E-state index in [1.165, 1.54) is 12.1 Å². The number of hydrogen-bond acceptors (Lipinski definition) is 3. The lowest BCUT2D eigenvalue weighted by atomic mass is 10.1. The molecule has 2 rings (SSSR count). The molecule has 2 aromatic rings.